The Morgan fingerprint density at radius 1 is 1.31 bits per heavy atom. The van der Waals surface area contributed by atoms with E-state index in [4.69, 9.17) is 0 Å². The van der Waals surface area contributed by atoms with Crippen molar-refractivity contribution in [3.05, 3.63) is 0 Å². The predicted octanol–water partition coefficient (Wildman–Crippen LogP) is 2.26. The lowest BCUT2D eigenvalue weighted by Gasteiger charge is -2.26. The van der Waals surface area contributed by atoms with Crippen molar-refractivity contribution < 1.29 is 13.2 Å². The van der Waals surface area contributed by atoms with Crippen molar-refractivity contribution in [2.24, 2.45) is 5.92 Å². The van der Waals surface area contributed by atoms with Crippen LogP contribution in [-0.4, -0.2) is 43.3 Å². The number of nitrogens with one attached hydrogen (secondary N) is 1. The Hall–Kier alpha value is -0.290. The van der Waals surface area contributed by atoms with Crippen molar-refractivity contribution in [2.75, 3.05) is 26.2 Å². The van der Waals surface area contributed by atoms with Crippen LogP contribution in [0.4, 0.5) is 13.2 Å². The van der Waals surface area contributed by atoms with E-state index in [1.807, 2.05) is 0 Å². The molecule has 0 radical (unpaired) electrons. The van der Waals surface area contributed by atoms with E-state index in [2.05, 4.69) is 24.1 Å². The molecular formula is C11H21F3N2. The van der Waals surface area contributed by atoms with Gasteiger partial charge in [-0.25, -0.2) is 0 Å². The molecule has 2 nitrogen and oxygen atoms in total. The first-order valence-corrected chi connectivity index (χ1v) is 5.90. The lowest BCUT2D eigenvalue weighted by molar-refractivity contribution is -0.124. The molecule has 0 aromatic heterocycles. The van der Waals surface area contributed by atoms with E-state index in [-0.39, 0.29) is 0 Å². The van der Waals surface area contributed by atoms with Crippen LogP contribution in [0, 0.1) is 5.92 Å². The standard InChI is InChI=1S/C11H21F3N2/c1-9(2)16(7-10-3-4-10)6-5-15-8-11(12,13)14/h9-10,15H,3-8H2,1-2H3. The fraction of sp³-hybridized carbons (Fsp3) is 1.00. The summed E-state index contributed by atoms with van der Waals surface area (Å²) in [4.78, 5) is 2.25. The first-order valence-electron chi connectivity index (χ1n) is 5.90. The molecule has 1 N–H and O–H groups in total. The first-order chi connectivity index (χ1) is 7.38. The molecule has 16 heavy (non-hydrogen) atoms. The maximum Gasteiger partial charge on any atom is 0.401 e. The van der Waals surface area contributed by atoms with Gasteiger partial charge in [0.1, 0.15) is 0 Å². The van der Waals surface area contributed by atoms with Gasteiger partial charge in [0.2, 0.25) is 0 Å². The summed E-state index contributed by atoms with van der Waals surface area (Å²) in [7, 11) is 0. The van der Waals surface area contributed by atoms with Crippen LogP contribution in [-0.2, 0) is 0 Å². The molecule has 0 saturated heterocycles. The SMILES string of the molecule is CC(C)N(CCNCC(F)(F)F)CC1CC1. The lowest BCUT2D eigenvalue weighted by atomic mass is 10.2. The summed E-state index contributed by atoms with van der Waals surface area (Å²) in [5, 5.41) is 2.44. The fourth-order valence-electron chi connectivity index (χ4n) is 1.65. The lowest BCUT2D eigenvalue weighted by Crippen LogP contribution is -2.40. The minimum Gasteiger partial charge on any atom is -0.307 e. The molecule has 0 spiro atoms. The highest BCUT2D eigenvalue weighted by Crippen LogP contribution is 2.30. The van der Waals surface area contributed by atoms with Crippen LogP contribution in [0.5, 0.6) is 0 Å². The zero-order chi connectivity index (χ0) is 12.2. The monoisotopic (exact) mass is 238 g/mol. The van der Waals surface area contributed by atoms with Crippen molar-refractivity contribution >= 4 is 0 Å². The summed E-state index contributed by atoms with van der Waals surface area (Å²) in [6, 6.07) is 0.410. The molecule has 1 saturated carbocycles. The minimum atomic E-state index is -4.10. The van der Waals surface area contributed by atoms with E-state index < -0.39 is 12.7 Å². The van der Waals surface area contributed by atoms with Crippen molar-refractivity contribution in [1.29, 1.82) is 0 Å². The highest BCUT2D eigenvalue weighted by molar-refractivity contribution is 4.79. The van der Waals surface area contributed by atoms with Gasteiger partial charge in [-0.3, -0.25) is 4.90 Å². The Balaban J connectivity index is 2.11. The molecule has 0 bridgehead atoms. The van der Waals surface area contributed by atoms with Gasteiger partial charge in [0.25, 0.3) is 0 Å². The van der Waals surface area contributed by atoms with Crippen LogP contribution in [0.25, 0.3) is 0 Å². The second-order valence-electron chi connectivity index (χ2n) is 4.82. The number of nitrogens with zero attached hydrogens (tertiary/aromatic N) is 1. The van der Waals surface area contributed by atoms with Crippen LogP contribution < -0.4 is 5.32 Å². The molecule has 5 heteroatoms. The Morgan fingerprint density at radius 2 is 1.94 bits per heavy atom. The fourth-order valence-corrected chi connectivity index (χ4v) is 1.65. The summed E-state index contributed by atoms with van der Waals surface area (Å²) in [6.45, 7) is 5.43. The molecule has 1 fully saturated rings. The van der Waals surface area contributed by atoms with Gasteiger partial charge < -0.3 is 5.32 Å². The number of hydrogen-bond acceptors (Lipinski definition) is 2. The topological polar surface area (TPSA) is 15.3 Å². The van der Waals surface area contributed by atoms with Gasteiger partial charge in [0, 0.05) is 25.7 Å². The Kier molecular flexibility index (Phi) is 5.05. The minimum absolute atomic E-state index is 0.407. The van der Waals surface area contributed by atoms with Crippen LogP contribution in [0.1, 0.15) is 26.7 Å². The molecule has 0 amide bonds. The van der Waals surface area contributed by atoms with Gasteiger partial charge in [-0.05, 0) is 32.6 Å². The van der Waals surface area contributed by atoms with Crippen molar-refractivity contribution in [1.82, 2.24) is 10.2 Å². The average Bonchev–Trinajstić information content (AvgIpc) is 2.91. The van der Waals surface area contributed by atoms with Gasteiger partial charge in [-0.1, -0.05) is 0 Å². The first kappa shape index (κ1) is 13.8. The summed E-state index contributed by atoms with van der Waals surface area (Å²) < 4.78 is 35.6. The summed E-state index contributed by atoms with van der Waals surface area (Å²) in [6.07, 6.45) is -1.54. The second-order valence-corrected chi connectivity index (χ2v) is 4.82. The molecule has 0 unspecified atom stereocenters. The van der Waals surface area contributed by atoms with Crippen LogP contribution in [0.2, 0.25) is 0 Å². The van der Waals surface area contributed by atoms with Crippen LogP contribution >= 0.6 is 0 Å². The third-order valence-corrected chi connectivity index (χ3v) is 2.82. The van der Waals surface area contributed by atoms with Gasteiger partial charge in [-0.2, -0.15) is 13.2 Å². The third-order valence-electron chi connectivity index (χ3n) is 2.82. The molecule has 1 aliphatic rings. The highest BCUT2D eigenvalue weighted by atomic mass is 19.4. The third kappa shape index (κ3) is 6.33. The van der Waals surface area contributed by atoms with Crippen molar-refractivity contribution in [2.45, 2.75) is 38.9 Å². The summed E-state index contributed by atoms with van der Waals surface area (Å²) >= 11 is 0. The van der Waals surface area contributed by atoms with Crippen molar-refractivity contribution in [3.8, 4) is 0 Å². The maximum absolute atomic E-state index is 11.9. The average molecular weight is 238 g/mol. The summed E-state index contributed by atoms with van der Waals surface area (Å²) in [5.74, 6) is 0.782. The smallest absolute Gasteiger partial charge is 0.307 e. The van der Waals surface area contributed by atoms with E-state index in [1.165, 1.54) is 12.8 Å². The van der Waals surface area contributed by atoms with Crippen molar-refractivity contribution in [3.63, 3.8) is 0 Å². The quantitative estimate of drug-likeness (QED) is 0.684. The number of hydrogen-bond donors (Lipinski definition) is 1. The van der Waals surface area contributed by atoms with E-state index in [9.17, 15) is 13.2 Å². The Labute approximate surface area is 95.2 Å². The molecule has 0 aromatic carbocycles. The Bertz CT molecular complexity index is 200. The molecule has 0 atom stereocenters. The van der Waals surface area contributed by atoms with Gasteiger partial charge >= 0.3 is 6.18 Å². The molecule has 96 valence electrons. The van der Waals surface area contributed by atoms with Gasteiger partial charge in [-0.15, -0.1) is 0 Å². The largest absolute Gasteiger partial charge is 0.401 e. The Morgan fingerprint density at radius 3 is 2.38 bits per heavy atom. The van der Waals surface area contributed by atoms with E-state index in [0.29, 0.717) is 19.1 Å². The highest BCUT2D eigenvalue weighted by Gasteiger charge is 2.27. The maximum atomic E-state index is 11.9. The molecule has 1 aliphatic carbocycles. The van der Waals surface area contributed by atoms with Crippen LogP contribution in [0.15, 0.2) is 0 Å². The second kappa shape index (κ2) is 5.87. The zero-order valence-electron chi connectivity index (χ0n) is 9.98. The van der Waals surface area contributed by atoms with E-state index in [1.54, 1.807) is 0 Å². The number of halogens is 3. The normalized spacial score (nSPS) is 17.4. The van der Waals surface area contributed by atoms with E-state index >= 15 is 0 Å². The zero-order valence-corrected chi connectivity index (χ0v) is 9.98. The van der Waals surface area contributed by atoms with Crippen LogP contribution in [0.3, 0.4) is 0 Å². The molecule has 0 aromatic rings. The molecular weight excluding hydrogens is 217 g/mol. The molecule has 1 rings (SSSR count). The van der Waals surface area contributed by atoms with Gasteiger partial charge in [0.15, 0.2) is 0 Å². The molecule has 0 heterocycles. The predicted molar refractivity (Wildman–Crippen MR) is 58.4 cm³/mol. The number of rotatable bonds is 7. The summed E-state index contributed by atoms with van der Waals surface area (Å²) in [5.41, 5.74) is 0. The number of alkyl halides is 3. The van der Waals surface area contributed by atoms with Gasteiger partial charge in [0.05, 0.1) is 6.54 Å². The van der Waals surface area contributed by atoms with E-state index in [0.717, 1.165) is 12.5 Å². The molecule has 0 aliphatic heterocycles.